The summed E-state index contributed by atoms with van der Waals surface area (Å²) in [5.41, 5.74) is 0. The Morgan fingerprint density at radius 3 is 2.47 bits per heavy atom. The Morgan fingerprint density at radius 2 is 1.88 bits per heavy atom. The molecule has 1 aromatic carbocycles. The molecule has 1 N–H and O–H groups in total. The summed E-state index contributed by atoms with van der Waals surface area (Å²) in [5, 5.41) is 0. The lowest BCUT2D eigenvalue weighted by atomic mass is 10.3. The Morgan fingerprint density at radius 1 is 1.18 bits per heavy atom. The molecular formula is C11H15F2NO2S. The number of hydrogen-bond donors (Lipinski definition) is 1. The fourth-order valence-corrected chi connectivity index (χ4v) is 2.39. The van der Waals surface area contributed by atoms with Crippen molar-refractivity contribution < 1.29 is 17.2 Å². The monoisotopic (exact) mass is 263 g/mol. The number of unbranched alkanes of at least 4 members (excludes halogenated alkanes) is 2. The molecule has 6 heteroatoms. The van der Waals surface area contributed by atoms with Crippen molar-refractivity contribution in [3.8, 4) is 0 Å². The number of sulfonamides is 1. The minimum atomic E-state index is -3.74. The van der Waals surface area contributed by atoms with Crippen LogP contribution in [0, 0.1) is 11.6 Å². The molecule has 0 radical (unpaired) electrons. The second-order valence-corrected chi connectivity index (χ2v) is 5.45. The van der Waals surface area contributed by atoms with E-state index in [2.05, 4.69) is 4.72 Å². The number of rotatable bonds is 6. The minimum absolute atomic E-state index is 0.257. The van der Waals surface area contributed by atoms with Gasteiger partial charge in [0.1, 0.15) is 0 Å². The predicted molar refractivity (Wildman–Crippen MR) is 61.1 cm³/mol. The Hall–Kier alpha value is -1.01. The van der Waals surface area contributed by atoms with Crippen molar-refractivity contribution in [3.63, 3.8) is 0 Å². The minimum Gasteiger partial charge on any atom is -0.211 e. The van der Waals surface area contributed by atoms with Gasteiger partial charge in [0.15, 0.2) is 11.6 Å². The van der Waals surface area contributed by atoms with E-state index in [1.54, 1.807) is 0 Å². The normalized spacial score (nSPS) is 11.7. The summed E-state index contributed by atoms with van der Waals surface area (Å²) in [7, 11) is -3.74. The van der Waals surface area contributed by atoms with E-state index >= 15 is 0 Å². The molecular weight excluding hydrogens is 248 g/mol. The van der Waals surface area contributed by atoms with E-state index in [9.17, 15) is 17.2 Å². The van der Waals surface area contributed by atoms with E-state index in [0.29, 0.717) is 12.6 Å². The molecule has 0 spiro atoms. The molecule has 0 bridgehead atoms. The quantitative estimate of drug-likeness (QED) is 0.801. The highest BCUT2D eigenvalue weighted by Crippen LogP contribution is 2.13. The van der Waals surface area contributed by atoms with Crippen molar-refractivity contribution in [1.29, 1.82) is 0 Å². The third kappa shape index (κ3) is 4.05. The van der Waals surface area contributed by atoms with Crippen LogP contribution in [0.25, 0.3) is 0 Å². The Bertz CT molecular complexity index is 474. The van der Waals surface area contributed by atoms with Crippen molar-refractivity contribution in [1.82, 2.24) is 4.72 Å². The van der Waals surface area contributed by atoms with Crippen LogP contribution in [0.3, 0.4) is 0 Å². The van der Waals surface area contributed by atoms with Crippen molar-refractivity contribution in [2.45, 2.75) is 31.1 Å². The molecule has 0 fully saturated rings. The van der Waals surface area contributed by atoms with Gasteiger partial charge < -0.3 is 0 Å². The van der Waals surface area contributed by atoms with Gasteiger partial charge in [0, 0.05) is 6.54 Å². The largest absolute Gasteiger partial charge is 0.240 e. The zero-order valence-corrected chi connectivity index (χ0v) is 10.4. The fourth-order valence-electron chi connectivity index (χ4n) is 1.31. The van der Waals surface area contributed by atoms with Gasteiger partial charge >= 0.3 is 0 Å². The topological polar surface area (TPSA) is 46.2 Å². The second-order valence-electron chi connectivity index (χ2n) is 3.68. The molecule has 0 atom stereocenters. The highest BCUT2D eigenvalue weighted by atomic mass is 32.2. The molecule has 0 saturated heterocycles. The maximum atomic E-state index is 12.9. The maximum absolute atomic E-state index is 12.9. The lowest BCUT2D eigenvalue weighted by Gasteiger charge is -2.06. The van der Waals surface area contributed by atoms with E-state index in [-0.39, 0.29) is 4.90 Å². The average Bonchev–Trinajstić information content (AvgIpc) is 2.28. The summed E-state index contributed by atoms with van der Waals surface area (Å²) in [6.45, 7) is 2.30. The van der Waals surface area contributed by atoms with Crippen molar-refractivity contribution in [2.24, 2.45) is 0 Å². The zero-order chi connectivity index (χ0) is 12.9. The first-order valence-corrected chi connectivity index (χ1v) is 6.90. The SMILES string of the molecule is CCCCCNS(=O)(=O)c1ccc(F)c(F)c1. The first-order valence-electron chi connectivity index (χ1n) is 5.42. The molecule has 0 aliphatic carbocycles. The molecule has 0 amide bonds. The molecule has 17 heavy (non-hydrogen) atoms. The summed E-state index contributed by atoms with van der Waals surface area (Å²) in [4.78, 5) is -0.257. The van der Waals surface area contributed by atoms with E-state index in [1.165, 1.54) is 0 Å². The smallest absolute Gasteiger partial charge is 0.211 e. The van der Waals surface area contributed by atoms with Crippen molar-refractivity contribution >= 4 is 10.0 Å². The third-order valence-corrected chi connectivity index (χ3v) is 3.73. The molecule has 0 aromatic heterocycles. The Balaban J connectivity index is 2.72. The maximum Gasteiger partial charge on any atom is 0.240 e. The van der Waals surface area contributed by atoms with Crippen LogP contribution in [-0.2, 0) is 10.0 Å². The van der Waals surface area contributed by atoms with Gasteiger partial charge in [-0.3, -0.25) is 0 Å². The third-order valence-electron chi connectivity index (χ3n) is 2.27. The molecule has 0 aliphatic heterocycles. The first-order chi connectivity index (χ1) is 7.97. The fraction of sp³-hybridized carbons (Fsp3) is 0.455. The summed E-state index contributed by atoms with van der Waals surface area (Å²) in [6, 6.07) is 2.52. The average molecular weight is 263 g/mol. The number of nitrogens with one attached hydrogen (secondary N) is 1. The molecule has 0 saturated carbocycles. The van der Waals surface area contributed by atoms with E-state index in [0.717, 1.165) is 31.4 Å². The highest BCUT2D eigenvalue weighted by Gasteiger charge is 2.15. The van der Waals surface area contributed by atoms with Gasteiger partial charge in [0.25, 0.3) is 0 Å². The molecule has 3 nitrogen and oxygen atoms in total. The van der Waals surface area contributed by atoms with Gasteiger partial charge in [0.2, 0.25) is 10.0 Å². The molecule has 1 aromatic rings. The number of benzene rings is 1. The second kappa shape index (κ2) is 6.07. The lowest BCUT2D eigenvalue weighted by molar-refractivity contribution is 0.504. The van der Waals surface area contributed by atoms with Crippen LogP contribution >= 0.6 is 0 Å². The molecule has 0 aliphatic rings. The van der Waals surface area contributed by atoms with Crippen LogP contribution in [-0.4, -0.2) is 15.0 Å². The van der Waals surface area contributed by atoms with Gasteiger partial charge in [-0.2, -0.15) is 0 Å². The van der Waals surface area contributed by atoms with Crippen LogP contribution in [0.15, 0.2) is 23.1 Å². The van der Waals surface area contributed by atoms with Crippen LogP contribution in [0.5, 0.6) is 0 Å². The van der Waals surface area contributed by atoms with Crippen LogP contribution in [0.4, 0.5) is 8.78 Å². The van der Waals surface area contributed by atoms with Gasteiger partial charge in [-0.25, -0.2) is 21.9 Å². The summed E-state index contributed by atoms with van der Waals surface area (Å²) < 4.78 is 51.2. The number of halogens is 2. The van der Waals surface area contributed by atoms with Gasteiger partial charge in [-0.1, -0.05) is 19.8 Å². The van der Waals surface area contributed by atoms with Gasteiger partial charge in [-0.15, -0.1) is 0 Å². The number of hydrogen-bond acceptors (Lipinski definition) is 2. The van der Waals surface area contributed by atoms with Crippen molar-refractivity contribution in [3.05, 3.63) is 29.8 Å². The Labute approximate surface area is 99.9 Å². The molecule has 0 heterocycles. The summed E-state index contributed by atoms with van der Waals surface area (Å²) in [6.07, 6.45) is 2.62. The van der Waals surface area contributed by atoms with E-state index in [1.807, 2.05) is 6.92 Å². The molecule has 1 rings (SSSR count). The summed E-state index contributed by atoms with van der Waals surface area (Å²) >= 11 is 0. The Kier molecular flexibility index (Phi) is 5.02. The van der Waals surface area contributed by atoms with E-state index in [4.69, 9.17) is 0 Å². The first kappa shape index (κ1) is 14.1. The molecule has 0 unspecified atom stereocenters. The zero-order valence-electron chi connectivity index (χ0n) is 9.54. The van der Waals surface area contributed by atoms with Crippen LogP contribution < -0.4 is 4.72 Å². The standard InChI is InChI=1S/C11H15F2NO2S/c1-2-3-4-7-14-17(15,16)9-5-6-10(12)11(13)8-9/h5-6,8,14H,2-4,7H2,1H3. The molecule has 96 valence electrons. The van der Waals surface area contributed by atoms with Crippen molar-refractivity contribution in [2.75, 3.05) is 6.54 Å². The van der Waals surface area contributed by atoms with Crippen LogP contribution in [0.2, 0.25) is 0 Å². The van der Waals surface area contributed by atoms with Gasteiger partial charge in [0.05, 0.1) is 4.90 Å². The van der Waals surface area contributed by atoms with Gasteiger partial charge in [-0.05, 0) is 24.6 Å². The predicted octanol–water partition coefficient (Wildman–Crippen LogP) is 2.43. The summed E-state index contributed by atoms with van der Waals surface area (Å²) in [5.74, 6) is -2.23. The van der Waals surface area contributed by atoms with Crippen LogP contribution in [0.1, 0.15) is 26.2 Å². The van der Waals surface area contributed by atoms with E-state index < -0.39 is 21.7 Å². The lowest BCUT2D eigenvalue weighted by Crippen LogP contribution is -2.24. The highest BCUT2D eigenvalue weighted by molar-refractivity contribution is 7.89.